The van der Waals surface area contributed by atoms with Gasteiger partial charge in [-0.3, -0.25) is 14.4 Å². The van der Waals surface area contributed by atoms with Gasteiger partial charge in [0.1, 0.15) is 5.69 Å². The van der Waals surface area contributed by atoms with E-state index in [4.69, 9.17) is 9.26 Å². The molecule has 2 aliphatic rings. The Balaban J connectivity index is 1.11. The molecule has 1 unspecified atom stereocenters. The van der Waals surface area contributed by atoms with Crippen LogP contribution in [-0.4, -0.2) is 69.4 Å². The highest BCUT2D eigenvalue weighted by Crippen LogP contribution is 2.34. The van der Waals surface area contributed by atoms with Gasteiger partial charge in [0, 0.05) is 36.9 Å². The summed E-state index contributed by atoms with van der Waals surface area (Å²) < 4.78 is 10.2. The largest absolute Gasteiger partial charge is 0.461 e. The number of thiazole rings is 1. The third kappa shape index (κ3) is 5.51. The number of hydrogen-bond acceptors (Lipinski definition) is 10. The van der Waals surface area contributed by atoms with Crippen LogP contribution in [0.2, 0.25) is 0 Å². The van der Waals surface area contributed by atoms with Crippen molar-refractivity contribution in [3.8, 4) is 11.5 Å². The van der Waals surface area contributed by atoms with Crippen molar-refractivity contribution in [2.75, 3.05) is 30.3 Å². The Morgan fingerprint density at radius 2 is 1.95 bits per heavy atom. The lowest BCUT2D eigenvalue weighted by Gasteiger charge is -2.31. The molecule has 1 atom stereocenters. The van der Waals surface area contributed by atoms with E-state index in [0.717, 1.165) is 17.8 Å². The molecule has 198 valence electrons. The zero-order valence-corrected chi connectivity index (χ0v) is 22.3. The number of aromatic nitrogens is 2. The third-order valence-electron chi connectivity index (χ3n) is 6.49. The van der Waals surface area contributed by atoms with Gasteiger partial charge < -0.3 is 14.2 Å². The van der Waals surface area contributed by atoms with Crippen LogP contribution in [0.1, 0.15) is 47.6 Å². The molecule has 12 heteroatoms. The van der Waals surface area contributed by atoms with Crippen LogP contribution in [0.15, 0.2) is 46.3 Å². The van der Waals surface area contributed by atoms with Gasteiger partial charge in [-0.2, -0.15) is 0 Å². The first-order valence-electron chi connectivity index (χ1n) is 12.4. The van der Waals surface area contributed by atoms with Crippen LogP contribution in [0.3, 0.4) is 0 Å². The summed E-state index contributed by atoms with van der Waals surface area (Å²) in [4.78, 5) is 57.6. The van der Waals surface area contributed by atoms with E-state index in [1.807, 2.05) is 16.3 Å². The summed E-state index contributed by atoms with van der Waals surface area (Å²) in [5.74, 6) is -0.287. The summed E-state index contributed by atoms with van der Waals surface area (Å²) in [7, 11) is 0. The normalized spacial score (nSPS) is 18.3. The van der Waals surface area contributed by atoms with Crippen LogP contribution >= 0.6 is 23.1 Å². The third-order valence-corrected chi connectivity index (χ3v) is 8.69. The Kier molecular flexibility index (Phi) is 7.89. The molecule has 0 N–H and O–H groups in total. The molecule has 0 spiro atoms. The maximum Gasteiger partial charge on any atom is 0.360 e. The van der Waals surface area contributed by atoms with Crippen LogP contribution in [0.4, 0.5) is 5.69 Å². The van der Waals surface area contributed by atoms with E-state index in [0.29, 0.717) is 30.2 Å². The summed E-state index contributed by atoms with van der Waals surface area (Å²) >= 11 is 2.76. The van der Waals surface area contributed by atoms with Gasteiger partial charge >= 0.3 is 5.97 Å². The molecular weight excluding hydrogens is 528 g/mol. The van der Waals surface area contributed by atoms with E-state index in [9.17, 15) is 19.2 Å². The molecule has 4 heterocycles. The number of nitrogens with zero attached hydrogens (tertiary/aromatic N) is 4. The monoisotopic (exact) mass is 554 g/mol. The number of ether oxygens (including phenoxy) is 1. The summed E-state index contributed by atoms with van der Waals surface area (Å²) in [6, 6.07) is 10.4. The molecular formula is C26H26N4O6S2. The average Bonchev–Trinajstić information content (AvgIpc) is 3.67. The van der Waals surface area contributed by atoms with E-state index >= 15 is 0 Å². The number of carbonyl (C=O) groups excluding carboxylic acids is 4. The zero-order chi connectivity index (χ0) is 26.6. The number of piperidine rings is 1. The van der Waals surface area contributed by atoms with Gasteiger partial charge in [0.25, 0.3) is 0 Å². The van der Waals surface area contributed by atoms with Crippen molar-refractivity contribution in [2.24, 2.45) is 0 Å². The number of para-hydroxylation sites is 1. The minimum atomic E-state index is -0.543. The number of thioether (sulfide) groups is 1. The highest BCUT2D eigenvalue weighted by Gasteiger charge is 2.40. The number of rotatable bonds is 8. The van der Waals surface area contributed by atoms with Crippen molar-refractivity contribution >= 4 is 52.5 Å². The number of anilines is 1. The predicted molar refractivity (Wildman–Crippen MR) is 142 cm³/mol. The van der Waals surface area contributed by atoms with E-state index < -0.39 is 11.2 Å². The molecule has 2 aromatic heterocycles. The van der Waals surface area contributed by atoms with Crippen LogP contribution in [-0.2, 0) is 19.1 Å². The lowest BCUT2D eigenvalue weighted by molar-refractivity contribution is -0.129. The van der Waals surface area contributed by atoms with Crippen LogP contribution in [0.5, 0.6) is 0 Å². The fourth-order valence-electron chi connectivity index (χ4n) is 4.51. The van der Waals surface area contributed by atoms with Gasteiger partial charge in [-0.25, -0.2) is 14.7 Å². The Hall–Kier alpha value is -3.51. The molecule has 10 nitrogen and oxygen atoms in total. The molecule has 0 radical (unpaired) electrons. The number of hydrogen-bond donors (Lipinski definition) is 0. The highest BCUT2D eigenvalue weighted by molar-refractivity contribution is 8.01. The number of likely N-dealkylation sites (tertiary alicyclic amines) is 1. The maximum atomic E-state index is 12.9. The van der Waals surface area contributed by atoms with E-state index in [1.165, 1.54) is 34.1 Å². The molecule has 2 saturated heterocycles. The Bertz CT molecular complexity index is 1330. The van der Waals surface area contributed by atoms with Crippen molar-refractivity contribution in [1.82, 2.24) is 15.0 Å². The molecule has 2 fully saturated rings. The molecule has 0 bridgehead atoms. The molecule has 3 aromatic rings. The molecule has 1 aromatic carbocycles. The average molecular weight is 555 g/mol. The summed E-state index contributed by atoms with van der Waals surface area (Å²) in [5.41, 5.74) is 1.29. The number of benzene rings is 1. The summed E-state index contributed by atoms with van der Waals surface area (Å²) in [5, 5.41) is 6.04. The van der Waals surface area contributed by atoms with Crippen molar-refractivity contribution < 1.29 is 28.4 Å². The van der Waals surface area contributed by atoms with Crippen LogP contribution in [0.25, 0.3) is 11.5 Å². The quantitative estimate of drug-likeness (QED) is 0.303. The molecule has 0 aliphatic carbocycles. The second-order valence-corrected chi connectivity index (χ2v) is 11.0. The smallest absolute Gasteiger partial charge is 0.360 e. The second-order valence-electron chi connectivity index (χ2n) is 8.93. The fourth-order valence-corrected chi connectivity index (χ4v) is 6.52. The first kappa shape index (κ1) is 26.1. The lowest BCUT2D eigenvalue weighted by atomic mass is 9.97. The SMILES string of the molecule is CCOC(=O)c1cc(-c2csc(C3CCN(C(=O)CSC4CC(=O)N(c5ccccc5)C4=O)CC3)n2)on1. The van der Waals surface area contributed by atoms with E-state index in [-0.39, 0.29) is 48.1 Å². The Morgan fingerprint density at radius 1 is 1.18 bits per heavy atom. The minimum Gasteiger partial charge on any atom is -0.461 e. The Labute approximate surface area is 227 Å². The zero-order valence-electron chi connectivity index (χ0n) is 20.7. The predicted octanol–water partition coefficient (Wildman–Crippen LogP) is 3.75. The van der Waals surface area contributed by atoms with Gasteiger partial charge in [-0.05, 0) is 31.9 Å². The van der Waals surface area contributed by atoms with Crippen LogP contribution in [0, 0.1) is 0 Å². The lowest BCUT2D eigenvalue weighted by Crippen LogP contribution is -2.39. The van der Waals surface area contributed by atoms with Gasteiger partial charge in [0.05, 0.1) is 28.3 Å². The number of carbonyl (C=O) groups is 4. The maximum absolute atomic E-state index is 12.9. The van der Waals surface area contributed by atoms with Crippen molar-refractivity contribution in [2.45, 2.75) is 37.4 Å². The second kappa shape index (κ2) is 11.5. The topological polar surface area (TPSA) is 123 Å². The summed E-state index contributed by atoms with van der Waals surface area (Å²) in [6.07, 6.45) is 1.65. The standard InChI is InChI=1S/C26H26N4O6S2/c1-2-35-26(34)18-12-20(36-28-18)19-14-38-24(27-19)16-8-10-29(11-9-16)23(32)15-37-21-13-22(31)30(25(21)33)17-6-4-3-5-7-17/h3-7,12,14,16,21H,2,8-11,13,15H2,1H3. The van der Waals surface area contributed by atoms with Gasteiger partial charge in [0.15, 0.2) is 11.5 Å². The number of imide groups is 1. The number of amides is 3. The molecule has 38 heavy (non-hydrogen) atoms. The summed E-state index contributed by atoms with van der Waals surface area (Å²) in [6.45, 7) is 3.18. The van der Waals surface area contributed by atoms with Crippen LogP contribution < -0.4 is 4.90 Å². The number of esters is 1. The van der Waals surface area contributed by atoms with E-state index in [2.05, 4.69) is 10.1 Å². The fraction of sp³-hybridized carbons (Fsp3) is 0.385. The molecule has 5 rings (SSSR count). The van der Waals surface area contributed by atoms with Gasteiger partial charge in [0.2, 0.25) is 17.7 Å². The first-order valence-corrected chi connectivity index (χ1v) is 14.3. The van der Waals surface area contributed by atoms with Gasteiger partial charge in [-0.1, -0.05) is 23.4 Å². The molecule has 3 amide bonds. The molecule has 2 aliphatic heterocycles. The highest BCUT2D eigenvalue weighted by atomic mass is 32.2. The first-order chi connectivity index (χ1) is 18.4. The Morgan fingerprint density at radius 3 is 2.68 bits per heavy atom. The van der Waals surface area contributed by atoms with Crippen molar-refractivity contribution in [3.63, 3.8) is 0 Å². The van der Waals surface area contributed by atoms with E-state index in [1.54, 1.807) is 31.2 Å². The minimum absolute atomic E-state index is 0.0279. The van der Waals surface area contributed by atoms with Gasteiger partial charge in [-0.15, -0.1) is 23.1 Å². The molecule has 0 saturated carbocycles. The van der Waals surface area contributed by atoms with Crippen molar-refractivity contribution in [1.29, 1.82) is 0 Å². The van der Waals surface area contributed by atoms with Crippen molar-refractivity contribution in [3.05, 3.63) is 52.5 Å².